The summed E-state index contributed by atoms with van der Waals surface area (Å²) in [6.07, 6.45) is 7.25. The van der Waals surface area contributed by atoms with Crippen LogP contribution in [0.5, 0.6) is 0 Å². The summed E-state index contributed by atoms with van der Waals surface area (Å²) in [5.41, 5.74) is -2.08. The maximum atomic E-state index is 13.9. The van der Waals surface area contributed by atoms with Crippen molar-refractivity contribution in [3.8, 4) is 0 Å². The van der Waals surface area contributed by atoms with E-state index in [1.165, 1.54) is 0 Å². The highest BCUT2D eigenvalue weighted by atomic mass is 16.6. The van der Waals surface area contributed by atoms with Crippen LogP contribution in [-0.2, 0) is 23.9 Å². The Hall–Kier alpha value is -1.99. The number of Topliss-reactive ketones (excluding diaryl/α,β-unsaturated/α-hetero) is 1. The normalized spacial score (nSPS) is 45.1. The average molecular weight is 503 g/mol. The van der Waals surface area contributed by atoms with Crippen molar-refractivity contribution in [1.82, 2.24) is 0 Å². The van der Waals surface area contributed by atoms with Crippen LogP contribution in [0.3, 0.4) is 0 Å². The Bertz CT molecular complexity index is 1000. The van der Waals surface area contributed by atoms with Crippen molar-refractivity contribution in [3.05, 3.63) is 23.8 Å². The zero-order valence-corrected chi connectivity index (χ0v) is 22.5. The van der Waals surface area contributed by atoms with Gasteiger partial charge in [-0.1, -0.05) is 65.3 Å². The monoisotopic (exact) mass is 502 g/mol. The number of ketones is 1. The first-order valence-corrected chi connectivity index (χ1v) is 13.5. The zero-order valence-electron chi connectivity index (χ0n) is 22.5. The van der Waals surface area contributed by atoms with E-state index in [4.69, 9.17) is 9.47 Å². The number of hydrogen-bond acceptors (Lipinski definition) is 7. The molecule has 2 N–H and O–H groups in total. The number of aliphatic hydroxyl groups is 2. The van der Waals surface area contributed by atoms with E-state index >= 15 is 0 Å². The molecule has 0 spiro atoms. The predicted molar refractivity (Wildman–Crippen MR) is 134 cm³/mol. The summed E-state index contributed by atoms with van der Waals surface area (Å²) in [6.45, 7) is 11.1. The minimum absolute atomic E-state index is 0.0232. The molecule has 7 heteroatoms. The molecule has 4 aliphatic rings. The molecular formula is C29H42O7. The van der Waals surface area contributed by atoms with Gasteiger partial charge in [0.05, 0.1) is 12.2 Å². The first-order chi connectivity index (χ1) is 16.8. The standard InChI is InChI=1S/C29H42O7/c1-7-24(33)35-16-23(32)29(36-25(34)8-2)17(3)13-21-20-10-9-18-14-19(30)11-12-26(18,4)28(20,6)22(31)15-27(21,29)5/h11-12,14,17,19-22,30-31H,7-10,13,15-16H2,1-6H3/t17-,19?,20?,21?,22-,26-,27-,28+,29-/m0/s1. The molecule has 200 valence electrons. The van der Waals surface area contributed by atoms with E-state index < -0.39 is 58.4 Å². The van der Waals surface area contributed by atoms with Crippen molar-refractivity contribution < 1.29 is 34.1 Å². The Labute approximate surface area is 214 Å². The molecule has 0 bridgehead atoms. The summed E-state index contributed by atoms with van der Waals surface area (Å²) in [5.74, 6) is -1.54. The van der Waals surface area contributed by atoms with Crippen molar-refractivity contribution in [1.29, 1.82) is 0 Å². The minimum atomic E-state index is -1.48. The van der Waals surface area contributed by atoms with Crippen molar-refractivity contribution in [2.45, 2.75) is 97.9 Å². The van der Waals surface area contributed by atoms with Crippen LogP contribution in [0.2, 0.25) is 0 Å². The van der Waals surface area contributed by atoms with Gasteiger partial charge in [-0.05, 0) is 37.5 Å². The highest BCUT2D eigenvalue weighted by Gasteiger charge is 2.75. The van der Waals surface area contributed by atoms with E-state index in [0.29, 0.717) is 12.8 Å². The molecule has 0 aromatic rings. The summed E-state index contributed by atoms with van der Waals surface area (Å²) < 4.78 is 11.4. The van der Waals surface area contributed by atoms with Gasteiger partial charge < -0.3 is 19.7 Å². The number of allylic oxidation sites excluding steroid dienone is 2. The van der Waals surface area contributed by atoms with Crippen molar-refractivity contribution in [2.75, 3.05) is 6.61 Å². The Kier molecular flexibility index (Phi) is 6.83. The number of esters is 2. The van der Waals surface area contributed by atoms with Gasteiger partial charge in [0.1, 0.15) is 0 Å². The first-order valence-electron chi connectivity index (χ1n) is 13.5. The van der Waals surface area contributed by atoms with Crippen LogP contribution in [0.1, 0.15) is 80.1 Å². The van der Waals surface area contributed by atoms with Crippen molar-refractivity contribution in [3.63, 3.8) is 0 Å². The lowest BCUT2D eigenvalue weighted by molar-refractivity contribution is -0.221. The van der Waals surface area contributed by atoms with Crippen LogP contribution >= 0.6 is 0 Å². The number of hydrogen-bond donors (Lipinski definition) is 2. The molecule has 7 nitrogen and oxygen atoms in total. The third-order valence-electron chi connectivity index (χ3n) is 10.7. The molecule has 36 heavy (non-hydrogen) atoms. The predicted octanol–water partition coefficient (Wildman–Crippen LogP) is 3.91. The molecule has 4 aliphatic carbocycles. The van der Waals surface area contributed by atoms with E-state index in [2.05, 4.69) is 19.9 Å². The van der Waals surface area contributed by atoms with Gasteiger partial charge in [0.2, 0.25) is 5.78 Å². The second kappa shape index (κ2) is 9.09. The van der Waals surface area contributed by atoms with E-state index in [0.717, 1.165) is 18.4 Å². The molecule has 0 heterocycles. The minimum Gasteiger partial charge on any atom is -0.457 e. The Balaban J connectivity index is 1.79. The molecule has 4 rings (SSSR count). The van der Waals surface area contributed by atoms with Crippen molar-refractivity contribution >= 4 is 17.7 Å². The lowest BCUT2D eigenvalue weighted by atomic mass is 9.39. The SMILES string of the molecule is CCC(=O)OCC(=O)[C@@]1(OC(=O)CC)[C@@H](C)CC2C3CCC4=CC(O)C=C[C@]4(C)[C@@]3(C)[C@@H](O)C[C@@]21C. The second-order valence-corrected chi connectivity index (χ2v) is 12.1. The van der Waals surface area contributed by atoms with E-state index in [9.17, 15) is 24.6 Å². The maximum Gasteiger partial charge on any atom is 0.306 e. The summed E-state index contributed by atoms with van der Waals surface area (Å²) in [6, 6.07) is 0. The van der Waals surface area contributed by atoms with Gasteiger partial charge in [-0.25, -0.2) is 0 Å². The van der Waals surface area contributed by atoms with Gasteiger partial charge >= 0.3 is 11.9 Å². The van der Waals surface area contributed by atoms with E-state index in [-0.39, 0.29) is 30.6 Å². The molecule has 3 fully saturated rings. The van der Waals surface area contributed by atoms with Gasteiger partial charge in [-0.3, -0.25) is 14.4 Å². The highest BCUT2D eigenvalue weighted by molar-refractivity contribution is 5.93. The fourth-order valence-corrected chi connectivity index (χ4v) is 8.55. The van der Waals surface area contributed by atoms with E-state index in [1.54, 1.807) is 19.9 Å². The van der Waals surface area contributed by atoms with Crippen molar-refractivity contribution in [2.24, 2.45) is 34.0 Å². The second-order valence-electron chi connectivity index (χ2n) is 12.1. The third kappa shape index (κ3) is 3.48. The van der Waals surface area contributed by atoms with Crippen LogP contribution < -0.4 is 0 Å². The third-order valence-corrected chi connectivity index (χ3v) is 10.7. The number of aliphatic hydroxyl groups excluding tert-OH is 2. The fraction of sp³-hybridized carbons (Fsp3) is 0.759. The first kappa shape index (κ1) is 27.1. The maximum absolute atomic E-state index is 13.9. The number of rotatable bonds is 6. The summed E-state index contributed by atoms with van der Waals surface area (Å²) in [4.78, 5) is 38.5. The van der Waals surface area contributed by atoms with Crippen LogP contribution in [0.4, 0.5) is 0 Å². The van der Waals surface area contributed by atoms with Crippen LogP contribution in [-0.4, -0.2) is 52.4 Å². The Morgan fingerprint density at radius 1 is 1.06 bits per heavy atom. The largest absolute Gasteiger partial charge is 0.457 e. The van der Waals surface area contributed by atoms with Gasteiger partial charge in [0.25, 0.3) is 0 Å². The molecule has 3 unspecified atom stereocenters. The number of ether oxygens (including phenoxy) is 2. The fourth-order valence-electron chi connectivity index (χ4n) is 8.55. The summed E-state index contributed by atoms with van der Waals surface area (Å²) >= 11 is 0. The van der Waals surface area contributed by atoms with E-state index in [1.807, 2.05) is 19.9 Å². The zero-order chi connectivity index (χ0) is 26.7. The lowest BCUT2D eigenvalue weighted by Gasteiger charge is -2.65. The smallest absolute Gasteiger partial charge is 0.306 e. The molecule has 0 saturated heterocycles. The molecule has 0 aromatic heterocycles. The molecule has 9 atom stereocenters. The summed E-state index contributed by atoms with van der Waals surface area (Å²) in [7, 11) is 0. The van der Waals surface area contributed by atoms with Crippen LogP contribution in [0.15, 0.2) is 23.8 Å². The molecule has 0 aliphatic heterocycles. The Morgan fingerprint density at radius 2 is 1.72 bits per heavy atom. The topological polar surface area (TPSA) is 110 Å². The van der Waals surface area contributed by atoms with Crippen LogP contribution in [0.25, 0.3) is 0 Å². The summed E-state index contributed by atoms with van der Waals surface area (Å²) in [5, 5.41) is 22.2. The molecule has 0 amide bonds. The average Bonchev–Trinajstić information content (AvgIpc) is 3.05. The highest BCUT2D eigenvalue weighted by Crippen LogP contribution is 2.73. The Morgan fingerprint density at radius 3 is 2.36 bits per heavy atom. The number of carbonyl (C=O) groups excluding carboxylic acids is 3. The molecule has 3 saturated carbocycles. The quantitative estimate of drug-likeness (QED) is 0.419. The van der Waals surface area contributed by atoms with Crippen LogP contribution in [0, 0.1) is 34.0 Å². The van der Waals surface area contributed by atoms with Gasteiger partial charge in [-0.2, -0.15) is 0 Å². The molecule has 0 radical (unpaired) electrons. The van der Waals surface area contributed by atoms with Gasteiger partial charge in [0.15, 0.2) is 12.2 Å². The van der Waals surface area contributed by atoms with Gasteiger partial charge in [-0.15, -0.1) is 0 Å². The number of fused-ring (bicyclic) bond motifs is 5. The molecule has 0 aromatic carbocycles. The lowest BCUT2D eigenvalue weighted by Crippen LogP contribution is -2.67. The number of carbonyl (C=O) groups is 3. The van der Waals surface area contributed by atoms with Gasteiger partial charge in [0, 0.05) is 35.0 Å². The molecular weight excluding hydrogens is 460 g/mol.